The summed E-state index contributed by atoms with van der Waals surface area (Å²) in [5, 5.41) is 0.713. The molecule has 1 aliphatic heterocycles. The van der Waals surface area contributed by atoms with Gasteiger partial charge in [0, 0.05) is 11.8 Å². The average Bonchev–Trinajstić information content (AvgIpc) is 2.84. The van der Waals surface area contributed by atoms with E-state index in [4.69, 9.17) is 21.7 Å². The molecule has 0 N–H and O–H groups in total. The van der Waals surface area contributed by atoms with Gasteiger partial charge in [0.25, 0.3) is 0 Å². The molecule has 1 fully saturated rings. The van der Waals surface area contributed by atoms with Gasteiger partial charge in [0.1, 0.15) is 6.10 Å². The van der Waals surface area contributed by atoms with Crippen LogP contribution in [0.4, 0.5) is 0 Å². The zero-order chi connectivity index (χ0) is 16.2. The molecule has 1 aromatic rings. The summed E-state index contributed by atoms with van der Waals surface area (Å²) in [4.78, 5) is 0. The van der Waals surface area contributed by atoms with E-state index in [1.54, 1.807) is 0 Å². The first kappa shape index (κ1) is 17.2. The van der Waals surface area contributed by atoms with E-state index >= 15 is 0 Å². The Morgan fingerprint density at radius 2 is 2.00 bits per heavy atom. The molecule has 0 amide bonds. The second-order valence-electron chi connectivity index (χ2n) is 6.55. The molecule has 2 rings (SSSR count). The maximum absolute atomic E-state index is 5.96. The average molecular weight is 318 g/mol. The number of allylic oxidation sites excluding steroid dienone is 1. The summed E-state index contributed by atoms with van der Waals surface area (Å²) in [5.41, 5.74) is 1.13. The molecule has 1 heterocycles. The molecule has 1 aliphatic rings. The summed E-state index contributed by atoms with van der Waals surface area (Å²) >= 11 is 5.49. The van der Waals surface area contributed by atoms with Crippen molar-refractivity contribution in [3.05, 3.63) is 48.6 Å². The fourth-order valence-electron chi connectivity index (χ4n) is 3.21. The molecule has 0 aliphatic carbocycles. The minimum absolute atomic E-state index is 0.0467. The Bertz CT molecular complexity index is 509. The number of hydrogen-bond acceptors (Lipinski definition) is 3. The lowest BCUT2D eigenvalue weighted by Crippen LogP contribution is -2.32. The highest BCUT2D eigenvalue weighted by Gasteiger charge is 2.47. The van der Waals surface area contributed by atoms with E-state index in [2.05, 4.69) is 39.5 Å². The van der Waals surface area contributed by atoms with Crippen molar-refractivity contribution in [2.45, 2.75) is 39.9 Å². The zero-order valence-electron chi connectivity index (χ0n) is 13.7. The van der Waals surface area contributed by atoms with Gasteiger partial charge in [0.2, 0.25) is 0 Å². The summed E-state index contributed by atoms with van der Waals surface area (Å²) < 4.78 is 11.8. The van der Waals surface area contributed by atoms with Crippen molar-refractivity contribution in [3.8, 4) is 0 Å². The van der Waals surface area contributed by atoms with Crippen LogP contribution in [0, 0.1) is 17.3 Å². The lowest BCUT2D eigenvalue weighted by atomic mass is 9.71. The smallest absolute Gasteiger partial charge is 0.164 e. The van der Waals surface area contributed by atoms with Crippen molar-refractivity contribution in [2.75, 3.05) is 6.61 Å². The number of benzene rings is 1. The van der Waals surface area contributed by atoms with Crippen LogP contribution in [0.15, 0.2) is 43.0 Å². The summed E-state index contributed by atoms with van der Waals surface area (Å²) in [6.07, 6.45) is 3.07. The third-order valence-corrected chi connectivity index (χ3v) is 4.97. The molecule has 0 saturated carbocycles. The Hall–Kier alpha value is -1.19. The zero-order valence-corrected chi connectivity index (χ0v) is 14.6. The molecule has 3 heteroatoms. The predicted molar refractivity (Wildman–Crippen MR) is 94.8 cm³/mol. The molecule has 120 valence electrons. The second kappa shape index (κ2) is 7.38. The number of hydrogen-bond donors (Lipinski definition) is 0. The van der Waals surface area contributed by atoms with Gasteiger partial charge in [-0.25, -0.2) is 0 Å². The molecule has 2 nitrogen and oxygen atoms in total. The van der Waals surface area contributed by atoms with Crippen molar-refractivity contribution in [3.63, 3.8) is 0 Å². The Kier molecular flexibility index (Phi) is 5.76. The Balaban J connectivity index is 1.97. The molecule has 22 heavy (non-hydrogen) atoms. The SMILES string of the molecule is C=CC(C)(C)C1C(=S)OC(COCc2ccccc2)C1CC. The number of rotatable bonds is 7. The summed E-state index contributed by atoms with van der Waals surface area (Å²) in [6, 6.07) is 10.2. The van der Waals surface area contributed by atoms with Gasteiger partial charge in [0.05, 0.1) is 13.2 Å². The van der Waals surface area contributed by atoms with Crippen LogP contribution in [0.25, 0.3) is 0 Å². The third kappa shape index (κ3) is 3.76. The van der Waals surface area contributed by atoms with Gasteiger partial charge in [-0.15, -0.1) is 6.58 Å². The normalized spacial score (nSPS) is 25.0. The topological polar surface area (TPSA) is 18.5 Å². The van der Waals surface area contributed by atoms with Crippen molar-refractivity contribution in [2.24, 2.45) is 17.3 Å². The Labute approximate surface area is 139 Å². The highest BCUT2D eigenvalue weighted by Crippen LogP contribution is 2.44. The van der Waals surface area contributed by atoms with Gasteiger partial charge in [0.15, 0.2) is 5.05 Å². The molecular formula is C19H26O2S. The van der Waals surface area contributed by atoms with Crippen LogP contribution in [-0.4, -0.2) is 17.8 Å². The molecule has 0 spiro atoms. The molecule has 0 bridgehead atoms. The number of thiocarbonyl (C=S) groups is 1. The summed E-state index contributed by atoms with van der Waals surface area (Å²) in [7, 11) is 0. The lowest BCUT2D eigenvalue weighted by Gasteiger charge is -2.31. The largest absolute Gasteiger partial charge is 0.481 e. The van der Waals surface area contributed by atoms with Crippen LogP contribution >= 0.6 is 12.2 Å². The molecule has 3 atom stereocenters. The molecule has 1 saturated heterocycles. The van der Waals surface area contributed by atoms with E-state index < -0.39 is 0 Å². The first-order valence-corrected chi connectivity index (χ1v) is 8.36. The van der Waals surface area contributed by atoms with Crippen LogP contribution in [0.2, 0.25) is 0 Å². The minimum atomic E-state index is -0.0497. The number of ether oxygens (including phenoxy) is 2. The van der Waals surface area contributed by atoms with Crippen LogP contribution in [0.3, 0.4) is 0 Å². The molecule has 3 unspecified atom stereocenters. The van der Waals surface area contributed by atoms with Crippen LogP contribution in [0.1, 0.15) is 32.8 Å². The first-order chi connectivity index (χ1) is 10.5. The quantitative estimate of drug-likeness (QED) is 0.532. The van der Waals surface area contributed by atoms with Gasteiger partial charge in [-0.05, 0) is 29.6 Å². The van der Waals surface area contributed by atoms with E-state index in [0.29, 0.717) is 24.2 Å². The van der Waals surface area contributed by atoms with Crippen molar-refractivity contribution < 1.29 is 9.47 Å². The highest BCUT2D eigenvalue weighted by molar-refractivity contribution is 7.80. The Morgan fingerprint density at radius 1 is 1.32 bits per heavy atom. The summed E-state index contributed by atoms with van der Waals surface area (Å²) in [5.74, 6) is 0.617. The van der Waals surface area contributed by atoms with Crippen LogP contribution in [-0.2, 0) is 16.1 Å². The van der Waals surface area contributed by atoms with Gasteiger partial charge in [-0.2, -0.15) is 0 Å². The second-order valence-corrected chi connectivity index (χ2v) is 6.95. The molecule has 1 aromatic carbocycles. The van der Waals surface area contributed by atoms with E-state index in [-0.39, 0.29) is 17.4 Å². The van der Waals surface area contributed by atoms with Crippen molar-refractivity contribution >= 4 is 17.3 Å². The Morgan fingerprint density at radius 3 is 2.59 bits per heavy atom. The van der Waals surface area contributed by atoms with Gasteiger partial charge >= 0.3 is 0 Å². The fraction of sp³-hybridized carbons (Fsp3) is 0.526. The standard InChI is InChI=1S/C19H26O2S/c1-5-15-16(13-20-12-14-10-8-7-9-11-14)21-18(22)17(15)19(3,4)6-2/h6-11,15-17H,2,5,12-13H2,1,3-4H3. The van der Waals surface area contributed by atoms with E-state index in [1.165, 1.54) is 5.56 Å². The van der Waals surface area contributed by atoms with Crippen molar-refractivity contribution in [1.82, 2.24) is 0 Å². The fourth-order valence-corrected chi connectivity index (χ4v) is 3.81. The van der Waals surface area contributed by atoms with Crippen LogP contribution in [0.5, 0.6) is 0 Å². The van der Waals surface area contributed by atoms with Crippen LogP contribution < -0.4 is 0 Å². The molecule has 0 aromatic heterocycles. The van der Waals surface area contributed by atoms with Crippen molar-refractivity contribution in [1.29, 1.82) is 0 Å². The van der Waals surface area contributed by atoms with E-state index in [1.807, 2.05) is 24.3 Å². The monoisotopic (exact) mass is 318 g/mol. The lowest BCUT2D eigenvalue weighted by molar-refractivity contribution is 0.0208. The predicted octanol–water partition coefficient (Wildman–Crippen LogP) is 4.78. The molecule has 0 radical (unpaired) electrons. The maximum Gasteiger partial charge on any atom is 0.164 e. The first-order valence-electron chi connectivity index (χ1n) is 7.95. The summed E-state index contributed by atoms with van der Waals surface area (Å²) in [6.45, 7) is 11.7. The van der Waals surface area contributed by atoms with Gasteiger partial charge < -0.3 is 9.47 Å². The van der Waals surface area contributed by atoms with Gasteiger partial charge in [-0.1, -0.05) is 57.2 Å². The van der Waals surface area contributed by atoms with E-state index in [0.717, 1.165) is 6.42 Å². The molecular weight excluding hydrogens is 292 g/mol. The third-order valence-electron chi connectivity index (χ3n) is 4.62. The van der Waals surface area contributed by atoms with E-state index in [9.17, 15) is 0 Å². The minimum Gasteiger partial charge on any atom is -0.481 e. The maximum atomic E-state index is 5.96. The highest BCUT2D eigenvalue weighted by atomic mass is 32.1. The van der Waals surface area contributed by atoms with Gasteiger partial charge in [-0.3, -0.25) is 0 Å².